The van der Waals surface area contributed by atoms with Crippen molar-refractivity contribution in [3.8, 4) is 17.6 Å². The summed E-state index contributed by atoms with van der Waals surface area (Å²) in [6.07, 6.45) is 4.06. The zero-order valence-corrected chi connectivity index (χ0v) is 10.6. The van der Waals surface area contributed by atoms with E-state index in [1.165, 1.54) is 19.3 Å². The van der Waals surface area contributed by atoms with Gasteiger partial charge in [-0.15, -0.1) is 0 Å². The highest BCUT2D eigenvalue weighted by atomic mass is 16.5. The standard InChI is InChI=1S/C15H18O3/c1-17-15-8-7-12(10-13(15)4-3-9-16)11-18-14-5-2-6-14/h7-8,10,14,16H,2,5-6,9,11H2,1H3. The highest BCUT2D eigenvalue weighted by molar-refractivity contribution is 5.48. The molecule has 3 heteroatoms. The third-order valence-corrected chi connectivity index (χ3v) is 3.10. The van der Waals surface area contributed by atoms with Crippen molar-refractivity contribution in [2.45, 2.75) is 32.0 Å². The van der Waals surface area contributed by atoms with Crippen LogP contribution in [0.1, 0.15) is 30.4 Å². The van der Waals surface area contributed by atoms with Gasteiger partial charge in [0.05, 0.1) is 25.4 Å². The zero-order chi connectivity index (χ0) is 12.8. The molecule has 1 saturated carbocycles. The smallest absolute Gasteiger partial charge is 0.134 e. The second-order valence-corrected chi connectivity index (χ2v) is 4.36. The largest absolute Gasteiger partial charge is 0.495 e. The van der Waals surface area contributed by atoms with Crippen LogP contribution in [-0.4, -0.2) is 24.9 Å². The Morgan fingerprint density at radius 2 is 2.22 bits per heavy atom. The molecule has 0 radical (unpaired) electrons. The van der Waals surface area contributed by atoms with Crippen molar-refractivity contribution in [1.82, 2.24) is 0 Å². The lowest BCUT2D eigenvalue weighted by molar-refractivity contribution is -0.00867. The molecule has 0 amide bonds. The monoisotopic (exact) mass is 246 g/mol. The summed E-state index contributed by atoms with van der Waals surface area (Å²) in [6.45, 7) is 0.467. The Balaban J connectivity index is 2.06. The number of benzene rings is 1. The predicted molar refractivity (Wildman–Crippen MR) is 69.4 cm³/mol. The minimum atomic E-state index is -0.147. The summed E-state index contributed by atoms with van der Waals surface area (Å²) in [7, 11) is 1.62. The topological polar surface area (TPSA) is 38.7 Å². The van der Waals surface area contributed by atoms with Gasteiger partial charge in [-0.2, -0.15) is 0 Å². The van der Waals surface area contributed by atoms with Gasteiger partial charge in [-0.05, 0) is 37.0 Å². The SMILES string of the molecule is COc1ccc(COC2CCC2)cc1C#CCO. The molecule has 0 aromatic heterocycles. The van der Waals surface area contributed by atoms with E-state index in [0.717, 1.165) is 16.9 Å². The number of rotatable bonds is 4. The van der Waals surface area contributed by atoms with E-state index in [0.29, 0.717) is 12.7 Å². The lowest BCUT2D eigenvalue weighted by Gasteiger charge is -2.25. The third-order valence-electron chi connectivity index (χ3n) is 3.10. The van der Waals surface area contributed by atoms with Crippen LogP contribution in [-0.2, 0) is 11.3 Å². The van der Waals surface area contributed by atoms with Crippen molar-refractivity contribution >= 4 is 0 Å². The number of aliphatic hydroxyl groups excluding tert-OH is 1. The van der Waals surface area contributed by atoms with E-state index in [4.69, 9.17) is 14.6 Å². The van der Waals surface area contributed by atoms with Gasteiger partial charge in [0.2, 0.25) is 0 Å². The summed E-state index contributed by atoms with van der Waals surface area (Å²) in [5.74, 6) is 6.25. The van der Waals surface area contributed by atoms with Crippen molar-refractivity contribution in [2.75, 3.05) is 13.7 Å². The molecule has 1 aromatic carbocycles. The minimum Gasteiger partial charge on any atom is -0.495 e. The lowest BCUT2D eigenvalue weighted by Crippen LogP contribution is -2.21. The first kappa shape index (κ1) is 12.9. The Hall–Kier alpha value is -1.50. The van der Waals surface area contributed by atoms with Crippen molar-refractivity contribution in [2.24, 2.45) is 0 Å². The van der Waals surface area contributed by atoms with E-state index in [-0.39, 0.29) is 6.61 Å². The molecule has 3 nitrogen and oxygen atoms in total. The van der Waals surface area contributed by atoms with Gasteiger partial charge >= 0.3 is 0 Å². The molecule has 96 valence electrons. The molecule has 2 rings (SSSR count). The van der Waals surface area contributed by atoms with E-state index >= 15 is 0 Å². The Labute approximate surface area is 108 Å². The summed E-state index contributed by atoms with van der Waals surface area (Å²) < 4.78 is 11.0. The highest BCUT2D eigenvalue weighted by Crippen LogP contribution is 2.24. The number of hydrogen-bond donors (Lipinski definition) is 1. The van der Waals surface area contributed by atoms with Gasteiger partial charge in [0.15, 0.2) is 0 Å². The molecule has 0 bridgehead atoms. The van der Waals surface area contributed by atoms with Crippen LogP contribution < -0.4 is 4.74 Å². The molecule has 18 heavy (non-hydrogen) atoms. The highest BCUT2D eigenvalue weighted by Gasteiger charge is 2.17. The Bertz CT molecular complexity index is 453. The van der Waals surface area contributed by atoms with Crippen molar-refractivity contribution in [3.05, 3.63) is 29.3 Å². The fourth-order valence-corrected chi connectivity index (χ4v) is 1.83. The van der Waals surface area contributed by atoms with Gasteiger partial charge in [0.25, 0.3) is 0 Å². The van der Waals surface area contributed by atoms with Crippen molar-refractivity contribution < 1.29 is 14.6 Å². The van der Waals surface area contributed by atoms with E-state index < -0.39 is 0 Å². The van der Waals surface area contributed by atoms with Gasteiger partial charge in [-0.25, -0.2) is 0 Å². The molecule has 1 aliphatic carbocycles. The number of ether oxygens (including phenoxy) is 2. The van der Waals surface area contributed by atoms with Crippen LogP contribution in [0.15, 0.2) is 18.2 Å². The summed E-state index contributed by atoms with van der Waals surface area (Å²) in [5.41, 5.74) is 1.88. The number of hydrogen-bond acceptors (Lipinski definition) is 3. The quantitative estimate of drug-likeness (QED) is 0.827. The van der Waals surface area contributed by atoms with Gasteiger partial charge in [-0.3, -0.25) is 0 Å². The summed E-state index contributed by atoms with van der Waals surface area (Å²) in [4.78, 5) is 0. The molecule has 0 unspecified atom stereocenters. The first-order chi connectivity index (χ1) is 8.83. The van der Waals surface area contributed by atoms with Crippen LogP contribution in [0.4, 0.5) is 0 Å². The van der Waals surface area contributed by atoms with Gasteiger partial charge in [-0.1, -0.05) is 17.9 Å². The van der Waals surface area contributed by atoms with E-state index in [1.807, 2.05) is 18.2 Å². The molecule has 1 aromatic rings. The van der Waals surface area contributed by atoms with Crippen LogP contribution in [0.25, 0.3) is 0 Å². The molecule has 1 N–H and O–H groups in total. The molecule has 0 heterocycles. The average Bonchev–Trinajstić information content (AvgIpc) is 2.34. The molecule has 1 fully saturated rings. The number of aliphatic hydroxyl groups is 1. The average molecular weight is 246 g/mol. The molecule has 0 saturated heterocycles. The molecular weight excluding hydrogens is 228 g/mol. The minimum absolute atomic E-state index is 0.147. The summed E-state index contributed by atoms with van der Waals surface area (Å²) >= 11 is 0. The van der Waals surface area contributed by atoms with Crippen molar-refractivity contribution in [1.29, 1.82) is 0 Å². The third kappa shape index (κ3) is 3.25. The second-order valence-electron chi connectivity index (χ2n) is 4.36. The maximum atomic E-state index is 8.74. The fourth-order valence-electron chi connectivity index (χ4n) is 1.83. The van der Waals surface area contributed by atoms with Crippen LogP contribution in [0.3, 0.4) is 0 Å². The fraction of sp³-hybridized carbons (Fsp3) is 0.467. The molecule has 0 atom stereocenters. The molecular formula is C15H18O3. The molecule has 0 spiro atoms. The summed E-state index contributed by atoms with van der Waals surface area (Å²) in [5, 5.41) is 8.74. The summed E-state index contributed by atoms with van der Waals surface area (Å²) in [6, 6.07) is 5.84. The Kier molecular flexibility index (Phi) is 4.63. The van der Waals surface area contributed by atoms with Crippen LogP contribution in [0.5, 0.6) is 5.75 Å². The van der Waals surface area contributed by atoms with Crippen LogP contribution >= 0.6 is 0 Å². The van der Waals surface area contributed by atoms with E-state index in [1.54, 1.807) is 7.11 Å². The van der Waals surface area contributed by atoms with Gasteiger partial charge in [0, 0.05) is 0 Å². The first-order valence-electron chi connectivity index (χ1n) is 6.21. The molecule has 0 aliphatic heterocycles. The Morgan fingerprint density at radius 3 is 2.83 bits per heavy atom. The number of methoxy groups -OCH3 is 1. The van der Waals surface area contributed by atoms with Gasteiger partial charge in [0.1, 0.15) is 12.4 Å². The van der Waals surface area contributed by atoms with Crippen LogP contribution in [0, 0.1) is 11.8 Å². The second kappa shape index (κ2) is 6.44. The first-order valence-corrected chi connectivity index (χ1v) is 6.21. The Morgan fingerprint density at radius 1 is 1.39 bits per heavy atom. The van der Waals surface area contributed by atoms with E-state index in [2.05, 4.69) is 11.8 Å². The lowest BCUT2D eigenvalue weighted by atomic mass is 9.96. The molecule has 1 aliphatic rings. The normalized spacial score (nSPS) is 14.6. The maximum absolute atomic E-state index is 8.74. The van der Waals surface area contributed by atoms with E-state index in [9.17, 15) is 0 Å². The zero-order valence-electron chi connectivity index (χ0n) is 10.6. The maximum Gasteiger partial charge on any atom is 0.134 e. The van der Waals surface area contributed by atoms with Crippen molar-refractivity contribution in [3.63, 3.8) is 0 Å². The van der Waals surface area contributed by atoms with Crippen LogP contribution in [0.2, 0.25) is 0 Å². The predicted octanol–water partition coefficient (Wildman–Crippen LogP) is 2.11. The van der Waals surface area contributed by atoms with Gasteiger partial charge < -0.3 is 14.6 Å².